The van der Waals surface area contributed by atoms with E-state index in [1.54, 1.807) is 0 Å². The maximum absolute atomic E-state index is 11.9. The first kappa shape index (κ1) is 17.7. The number of carbonyl (C=O) groups excluding carboxylic acids is 1. The Balaban J connectivity index is 1.46. The number of hydrogen-bond acceptors (Lipinski definition) is 5. The summed E-state index contributed by atoms with van der Waals surface area (Å²) in [5.41, 5.74) is 0.592. The molecule has 0 unspecified atom stereocenters. The van der Waals surface area contributed by atoms with E-state index in [0.29, 0.717) is 19.3 Å². The summed E-state index contributed by atoms with van der Waals surface area (Å²) >= 11 is 0. The second-order valence-corrected chi connectivity index (χ2v) is 7.70. The van der Waals surface area contributed by atoms with E-state index in [4.69, 9.17) is 14.2 Å². The molecule has 1 aliphatic carbocycles. The normalized spacial score (nSPS) is 22.8. The van der Waals surface area contributed by atoms with Crippen molar-refractivity contribution >= 4 is 11.8 Å². The Hall–Kier alpha value is -2.11. The third kappa shape index (κ3) is 5.18. The van der Waals surface area contributed by atoms with Gasteiger partial charge in [-0.25, -0.2) is 4.79 Å². The van der Waals surface area contributed by atoms with Gasteiger partial charge in [0.15, 0.2) is 11.5 Å². The summed E-state index contributed by atoms with van der Waals surface area (Å²) in [6.07, 6.45) is 3.59. The highest BCUT2D eigenvalue weighted by molar-refractivity contribution is 5.68. The van der Waals surface area contributed by atoms with E-state index in [1.807, 2.05) is 39.0 Å². The third-order valence-corrected chi connectivity index (χ3v) is 4.36. The van der Waals surface area contributed by atoms with Crippen molar-refractivity contribution in [1.29, 1.82) is 0 Å². The molecule has 1 aliphatic heterocycles. The van der Waals surface area contributed by atoms with Gasteiger partial charge < -0.3 is 24.8 Å². The molecular formula is C19H28N2O4. The number of nitrogens with one attached hydrogen (secondary N) is 2. The molecule has 6 nitrogen and oxygen atoms in total. The topological polar surface area (TPSA) is 68.8 Å². The minimum Gasteiger partial charge on any atom is -0.486 e. The van der Waals surface area contributed by atoms with Crippen LogP contribution in [0.3, 0.4) is 0 Å². The molecule has 1 aromatic carbocycles. The van der Waals surface area contributed by atoms with Gasteiger partial charge in [0.25, 0.3) is 0 Å². The Labute approximate surface area is 149 Å². The number of rotatable bonds is 3. The van der Waals surface area contributed by atoms with Crippen LogP contribution in [-0.4, -0.2) is 37.0 Å². The van der Waals surface area contributed by atoms with Crippen LogP contribution in [0.1, 0.15) is 46.5 Å². The number of hydrogen-bond donors (Lipinski definition) is 2. The lowest BCUT2D eigenvalue weighted by atomic mass is 9.91. The highest BCUT2D eigenvalue weighted by atomic mass is 16.6. The zero-order valence-corrected chi connectivity index (χ0v) is 15.3. The van der Waals surface area contributed by atoms with Crippen LogP contribution < -0.4 is 20.1 Å². The second-order valence-electron chi connectivity index (χ2n) is 7.70. The van der Waals surface area contributed by atoms with Crippen LogP contribution in [0.4, 0.5) is 10.5 Å². The van der Waals surface area contributed by atoms with Gasteiger partial charge >= 0.3 is 6.09 Å². The summed E-state index contributed by atoms with van der Waals surface area (Å²) in [5.74, 6) is 1.61. The van der Waals surface area contributed by atoms with E-state index in [9.17, 15) is 4.79 Å². The van der Waals surface area contributed by atoms with Gasteiger partial charge in [-0.3, -0.25) is 0 Å². The first-order chi connectivity index (χ1) is 11.9. The third-order valence-electron chi connectivity index (χ3n) is 4.36. The zero-order chi connectivity index (χ0) is 17.9. The molecule has 0 atom stereocenters. The van der Waals surface area contributed by atoms with Gasteiger partial charge in [0.2, 0.25) is 0 Å². The van der Waals surface area contributed by atoms with E-state index in [-0.39, 0.29) is 12.1 Å². The highest BCUT2D eigenvalue weighted by Gasteiger charge is 2.25. The summed E-state index contributed by atoms with van der Waals surface area (Å²) in [4.78, 5) is 11.9. The van der Waals surface area contributed by atoms with Crippen LogP contribution in [0, 0.1) is 0 Å². The molecule has 0 spiro atoms. The lowest BCUT2D eigenvalue weighted by Gasteiger charge is -2.31. The zero-order valence-electron chi connectivity index (χ0n) is 15.3. The summed E-state index contributed by atoms with van der Waals surface area (Å²) in [6, 6.07) is 6.57. The van der Waals surface area contributed by atoms with Crippen molar-refractivity contribution in [3.8, 4) is 11.5 Å². The molecule has 0 saturated heterocycles. The van der Waals surface area contributed by atoms with E-state index >= 15 is 0 Å². The second kappa shape index (κ2) is 7.42. The summed E-state index contributed by atoms with van der Waals surface area (Å²) in [6.45, 7) is 6.83. The first-order valence-corrected chi connectivity index (χ1v) is 9.05. The Morgan fingerprint density at radius 3 is 2.36 bits per heavy atom. The van der Waals surface area contributed by atoms with Gasteiger partial charge in [-0.15, -0.1) is 0 Å². The van der Waals surface area contributed by atoms with Gasteiger partial charge in [0, 0.05) is 23.8 Å². The fourth-order valence-electron chi connectivity index (χ4n) is 3.23. The molecule has 1 heterocycles. The summed E-state index contributed by atoms with van der Waals surface area (Å²) < 4.78 is 16.5. The molecule has 2 N–H and O–H groups in total. The largest absolute Gasteiger partial charge is 0.486 e. The molecule has 1 saturated carbocycles. The standard InChI is InChI=1S/C19H28N2O4/c1-19(2,3)25-18(22)21-14-6-4-13(5-7-14)20-15-8-9-16-17(12-15)24-11-10-23-16/h8-9,12-14,20H,4-7,10-11H2,1-3H3,(H,21,22). The van der Waals surface area contributed by atoms with E-state index in [2.05, 4.69) is 10.6 Å². The molecule has 1 aromatic rings. The maximum atomic E-state index is 11.9. The minimum absolute atomic E-state index is 0.188. The van der Waals surface area contributed by atoms with Crippen molar-refractivity contribution in [3.63, 3.8) is 0 Å². The van der Waals surface area contributed by atoms with E-state index in [0.717, 1.165) is 42.9 Å². The smallest absolute Gasteiger partial charge is 0.407 e. The maximum Gasteiger partial charge on any atom is 0.407 e. The minimum atomic E-state index is -0.457. The van der Waals surface area contributed by atoms with Crippen molar-refractivity contribution in [2.75, 3.05) is 18.5 Å². The van der Waals surface area contributed by atoms with Crippen LogP contribution in [0.5, 0.6) is 11.5 Å². The Kier molecular flexibility index (Phi) is 5.25. The first-order valence-electron chi connectivity index (χ1n) is 9.05. The van der Waals surface area contributed by atoms with Crippen LogP contribution in [0.25, 0.3) is 0 Å². The van der Waals surface area contributed by atoms with Crippen molar-refractivity contribution in [3.05, 3.63) is 18.2 Å². The number of ether oxygens (including phenoxy) is 3. The molecule has 3 rings (SSSR count). The Morgan fingerprint density at radius 1 is 1.04 bits per heavy atom. The molecule has 2 aliphatic rings. The number of anilines is 1. The van der Waals surface area contributed by atoms with E-state index in [1.165, 1.54) is 0 Å². The van der Waals surface area contributed by atoms with Gasteiger partial charge in [0.05, 0.1) is 0 Å². The molecule has 138 valence electrons. The SMILES string of the molecule is CC(C)(C)OC(=O)NC1CCC(Nc2ccc3c(c2)OCCO3)CC1. The van der Waals surface area contributed by atoms with Gasteiger partial charge in [-0.05, 0) is 58.6 Å². The monoisotopic (exact) mass is 348 g/mol. The number of alkyl carbamates (subject to hydrolysis) is 1. The average molecular weight is 348 g/mol. The lowest BCUT2D eigenvalue weighted by Crippen LogP contribution is -2.42. The van der Waals surface area contributed by atoms with Crippen molar-refractivity contribution in [1.82, 2.24) is 5.32 Å². The van der Waals surface area contributed by atoms with Crippen LogP contribution in [0.2, 0.25) is 0 Å². The van der Waals surface area contributed by atoms with Crippen molar-refractivity contribution < 1.29 is 19.0 Å². The van der Waals surface area contributed by atoms with Crippen LogP contribution in [0.15, 0.2) is 18.2 Å². The molecule has 0 radical (unpaired) electrons. The van der Waals surface area contributed by atoms with Crippen molar-refractivity contribution in [2.24, 2.45) is 0 Å². The number of fused-ring (bicyclic) bond motifs is 1. The summed E-state index contributed by atoms with van der Waals surface area (Å²) in [5, 5.41) is 6.54. The number of carbonyl (C=O) groups is 1. The quantitative estimate of drug-likeness (QED) is 0.871. The molecule has 0 aromatic heterocycles. The van der Waals surface area contributed by atoms with Crippen LogP contribution in [-0.2, 0) is 4.74 Å². The molecule has 1 amide bonds. The summed E-state index contributed by atoms with van der Waals surface area (Å²) in [7, 11) is 0. The van der Waals surface area contributed by atoms with Gasteiger partial charge in [-0.2, -0.15) is 0 Å². The molecule has 0 bridgehead atoms. The lowest BCUT2D eigenvalue weighted by molar-refractivity contribution is 0.0492. The molecule has 1 fully saturated rings. The van der Waals surface area contributed by atoms with Crippen LogP contribution >= 0.6 is 0 Å². The number of benzene rings is 1. The average Bonchev–Trinajstić information content (AvgIpc) is 2.55. The highest BCUT2D eigenvalue weighted by Crippen LogP contribution is 2.33. The predicted octanol–water partition coefficient (Wildman–Crippen LogP) is 3.71. The predicted molar refractivity (Wildman–Crippen MR) is 96.5 cm³/mol. The molecule has 6 heteroatoms. The number of amides is 1. The fourth-order valence-corrected chi connectivity index (χ4v) is 3.23. The fraction of sp³-hybridized carbons (Fsp3) is 0.632. The van der Waals surface area contributed by atoms with Crippen molar-refractivity contribution in [2.45, 2.75) is 64.1 Å². The Morgan fingerprint density at radius 2 is 1.68 bits per heavy atom. The van der Waals surface area contributed by atoms with Gasteiger partial charge in [0.1, 0.15) is 18.8 Å². The van der Waals surface area contributed by atoms with Gasteiger partial charge in [-0.1, -0.05) is 0 Å². The molecular weight excluding hydrogens is 320 g/mol. The molecule has 25 heavy (non-hydrogen) atoms. The Bertz CT molecular complexity index is 604. The van der Waals surface area contributed by atoms with E-state index < -0.39 is 5.60 Å².